The molecule has 1 atom stereocenters. The minimum absolute atomic E-state index is 0.119. The van der Waals surface area contributed by atoms with Gasteiger partial charge in [0.25, 0.3) is 0 Å². The molecule has 0 bridgehead atoms. The minimum atomic E-state index is -0.565. The number of ether oxygens (including phenoxy) is 1. The zero-order chi connectivity index (χ0) is 27.0. The highest BCUT2D eigenvalue weighted by Gasteiger charge is 2.22. The third kappa shape index (κ3) is 19.7. The van der Waals surface area contributed by atoms with Gasteiger partial charge in [-0.3, -0.25) is 4.79 Å². The highest BCUT2D eigenvalue weighted by molar-refractivity contribution is 5.85. The zero-order valence-corrected chi connectivity index (χ0v) is 24.2. The molecule has 2 amide bonds. The van der Waals surface area contributed by atoms with Gasteiger partial charge in [0, 0.05) is 6.54 Å². The number of unbranched alkanes of at least 4 members (excludes halogenated alkanes) is 15. The van der Waals surface area contributed by atoms with Crippen LogP contribution in [-0.4, -0.2) is 24.6 Å². The predicted molar refractivity (Wildman–Crippen MR) is 156 cm³/mol. The average Bonchev–Trinajstić information content (AvgIpc) is 2.89. The summed E-state index contributed by atoms with van der Waals surface area (Å²) in [6, 6.07) is 8.98. The van der Waals surface area contributed by atoms with E-state index in [4.69, 9.17) is 4.74 Å². The van der Waals surface area contributed by atoms with Crippen LogP contribution in [0.15, 0.2) is 30.3 Å². The number of carbonyl (C=O) groups excluding carboxylic acids is 2. The van der Waals surface area contributed by atoms with E-state index in [1.165, 1.54) is 89.9 Å². The Labute approximate surface area is 227 Å². The standard InChI is InChI=1S/C32H56N2O3/c1-4-5-6-7-8-9-10-11-12-13-14-15-16-17-18-22-25-33-31(35)30(26-28(2)3)34-32(36)37-27-29-23-20-19-21-24-29/h19-21,23-24,28,30H,4-18,22,25-27H2,1-3H3,(H,33,35)(H,34,36). The van der Waals surface area contributed by atoms with Gasteiger partial charge < -0.3 is 15.4 Å². The van der Waals surface area contributed by atoms with Crippen molar-refractivity contribution in [3.63, 3.8) is 0 Å². The van der Waals surface area contributed by atoms with E-state index in [2.05, 4.69) is 17.6 Å². The van der Waals surface area contributed by atoms with Crippen LogP contribution in [0, 0.1) is 5.92 Å². The van der Waals surface area contributed by atoms with Gasteiger partial charge in [0.2, 0.25) is 5.91 Å². The van der Waals surface area contributed by atoms with Gasteiger partial charge in [-0.2, -0.15) is 0 Å². The first-order chi connectivity index (χ1) is 18.0. The Bertz CT molecular complexity index is 678. The number of rotatable bonds is 23. The second kappa shape index (κ2) is 23.1. The molecule has 1 aromatic rings. The zero-order valence-electron chi connectivity index (χ0n) is 24.2. The summed E-state index contributed by atoms with van der Waals surface area (Å²) in [7, 11) is 0. The fourth-order valence-electron chi connectivity index (χ4n) is 4.62. The number of carbonyl (C=O) groups is 2. The first-order valence-electron chi connectivity index (χ1n) is 15.3. The second-order valence-electron chi connectivity index (χ2n) is 11.0. The summed E-state index contributed by atoms with van der Waals surface area (Å²) in [4.78, 5) is 24.9. The van der Waals surface area contributed by atoms with Crippen LogP contribution in [0.3, 0.4) is 0 Å². The Kier molecular flexibility index (Phi) is 20.6. The molecule has 37 heavy (non-hydrogen) atoms. The molecule has 1 unspecified atom stereocenters. The molecule has 0 radical (unpaired) electrons. The fourth-order valence-corrected chi connectivity index (χ4v) is 4.62. The van der Waals surface area contributed by atoms with Crippen LogP contribution < -0.4 is 10.6 Å². The number of hydrogen-bond donors (Lipinski definition) is 2. The maximum atomic E-state index is 12.7. The van der Waals surface area contributed by atoms with Gasteiger partial charge in [-0.15, -0.1) is 0 Å². The van der Waals surface area contributed by atoms with Gasteiger partial charge in [-0.1, -0.05) is 147 Å². The first-order valence-corrected chi connectivity index (χ1v) is 15.3. The monoisotopic (exact) mass is 516 g/mol. The van der Waals surface area contributed by atoms with E-state index in [1.807, 2.05) is 44.2 Å². The van der Waals surface area contributed by atoms with E-state index in [0.29, 0.717) is 18.9 Å². The Hall–Kier alpha value is -2.04. The number of hydrogen-bond acceptors (Lipinski definition) is 3. The van der Waals surface area contributed by atoms with Crippen LogP contribution in [0.1, 0.15) is 135 Å². The predicted octanol–water partition coefficient (Wildman–Crippen LogP) is 8.71. The third-order valence-corrected chi connectivity index (χ3v) is 6.86. The largest absolute Gasteiger partial charge is 0.445 e. The van der Waals surface area contributed by atoms with Crippen LogP contribution in [0.25, 0.3) is 0 Å². The Morgan fingerprint density at radius 1 is 0.730 bits per heavy atom. The van der Waals surface area contributed by atoms with Crippen molar-refractivity contribution in [3.05, 3.63) is 35.9 Å². The molecule has 0 spiro atoms. The van der Waals surface area contributed by atoms with Crippen molar-refractivity contribution in [1.29, 1.82) is 0 Å². The van der Waals surface area contributed by atoms with Gasteiger partial charge in [0.15, 0.2) is 0 Å². The molecule has 0 fully saturated rings. The summed E-state index contributed by atoms with van der Waals surface area (Å²) >= 11 is 0. The third-order valence-electron chi connectivity index (χ3n) is 6.86. The van der Waals surface area contributed by atoms with Crippen molar-refractivity contribution in [1.82, 2.24) is 10.6 Å². The molecule has 0 heterocycles. The molecule has 1 aromatic carbocycles. The lowest BCUT2D eigenvalue weighted by Gasteiger charge is -2.20. The maximum absolute atomic E-state index is 12.7. The second-order valence-corrected chi connectivity index (χ2v) is 11.0. The molecular formula is C32H56N2O3. The van der Waals surface area contributed by atoms with Crippen molar-refractivity contribution in [2.75, 3.05) is 6.54 Å². The molecule has 0 aliphatic heterocycles. The van der Waals surface area contributed by atoms with E-state index in [-0.39, 0.29) is 12.5 Å². The molecule has 0 saturated heterocycles. The smallest absolute Gasteiger partial charge is 0.408 e. The number of benzene rings is 1. The van der Waals surface area contributed by atoms with Gasteiger partial charge in [0.1, 0.15) is 12.6 Å². The van der Waals surface area contributed by atoms with E-state index >= 15 is 0 Å². The summed E-state index contributed by atoms with van der Waals surface area (Å²) in [5.41, 5.74) is 0.922. The normalized spacial score (nSPS) is 11.9. The van der Waals surface area contributed by atoms with Crippen LogP contribution in [0.4, 0.5) is 4.79 Å². The summed E-state index contributed by atoms with van der Waals surface area (Å²) in [5, 5.41) is 5.76. The van der Waals surface area contributed by atoms with Crippen LogP contribution in [-0.2, 0) is 16.1 Å². The lowest BCUT2D eigenvalue weighted by molar-refractivity contribution is -0.123. The van der Waals surface area contributed by atoms with Crippen molar-refractivity contribution in [2.45, 2.75) is 143 Å². The summed E-state index contributed by atoms with van der Waals surface area (Å²) in [6.45, 7) is 7.23. The van der Waals surface area contributed by atoms with Crippen LogP contribution >= 0.6 is 0 Å². The molecule has 0 saturated carbocycles. The average molecular weight is 517 g/mol. The van der Waals surface area contributed by atoms with Gasteiger partial charge >= 0.3 is 6.09 Å². The van der Waals surface area contributed by atoms with E-state index in [0.717, 1.165) is 18.4 Å². The van der Waals surface area contributed by atoms with Crippen molar-refractivity contribution >= 4 is 12.0 Å². The van der Waals surface area contributed by atoms with E-state index < -0.39 is 12.1 Å². The Balaban J connectivity index is 2.03. The number of nitrogens with one attached hydrogen (secondary N) is 2. The van der Waals surface area contributed by atoms with E-state index in [1.54, 1.807) is 0 Å². The Morgan fingerprint density at radius 3 is 1.70 bits per heavy atom. The number of alkyl carbamates (subject to hydrolysis) is 1. The lowest BCUT2D eigenvalue weighted by Crippen LogP contribution is -2.47. The lowest BCUT2D eigenvalue weighted by atomic mass is 10.0. The quantitative estimate of drug-likeness (QED) is 0.143. The first kappa shape index (κ1) is 33.0. The topological polar surface area (TPSA) is 67.4 Å². The van der Waals surface area contributed by atoms with Gasteiger partial charge in [0.05, 0.1) is 0 Å². The van der Waals surface area contributed by atoms with Crippen molar-refractivity contribution < 1.29 is 14.3 Å². The SMILES string of the molecule is CCCCCCCCCCCCCCCCCCNC(=O)C(CC(C)C)NC(=O)OCc1ccccc1. The fraction of sp³-hybridized carbons (Fsp3) is 0.750. The molecule has 212 valence electrons. The molecule has 5 heteroatoms. The molecule has 5 nitrogen and oxygen atoms in total. The van der Waals surface area contributed by atoms with Gasteiger partial charge in [-0.25, -0.2) is 4.79 Å². The molecule has 2 N–H and O–H groups in total. The number of amides is 2. The van der Waals surface area contributed by atoms with Crippen molar-refractivity contribution in [3.8, 4) is 0 Å². The van der Waals surface area contributed by atoms with Crippen molar-refractivity contribution in [2.24, 2.45) is 5.92 Å². The highest BCUT2D eigenvalue weighted by Crippen LogP contribution is 2.14. The molecule has 0 aliphatic rings. The van der Waals surface area contributed by atoms with E-state index in [9.17, 15) is 9.59 Å². The molecular weight excluding hydrogens is 460 g/mol. The Morgan fingerprint density at radius 2 is 1.22 bits per heavy atom. The maximum Gasteiger partial charge on any atom is 0.408 e. The summed E-state index contributed by atoms with van der Waals surface area (Å²) in [6.07, 6.45) is 21.4. The highest BCUT2D eigenvalue weighted by atomic mass is 16.5. The molecule has 1 rings (SSSR count). The summed E-state index contributed by atoms with van der Waals surface area (Å²) < 4.78 is 5.30. The van der Waals surface area contributed by atoms with Crippen LogP contribution in [0.2, 0.25) is 0 Å². The molecule has 0 aliphatic carbocycles. The summed E-state index contributed by atoms with van der Waals surface area (Å²) in [5.74, 6) is 0.173. The van der Waals surface area contributed by atoms with Gasteiger partial charge in [-0.05, 0) is 24.3 Å². The van der Waals surface area contributed by atoms with Crippen LogP contribution in [0.5, 0.6) is 0 Å². The minimum Gasteiger partial charge on any atom is -0.445 e. The molecule has 0 aromatic heterocycles.